The lowest BCUT2D eigenvalue weighted by Gasteiger charge is -2.34. The van der Waals surface area contributed by atoms with Gasteiger partial charge in [-0.3, -0.25) is 0 Å². The van der Waals surface area contributed by atoms with Crippen molar-refractivity contribution in [2.45, 2.75) is 58.0 Å². The number of benzene rings is 1. The number of rotatable bonds is 4. The van der Waals surface area contributed by atoms with Gasteiger partial charge in [0.15, 0.2) is 11.6 Å². The monoisotopic (exact) mass is 267 g/mol. The van der Waals surface area contributed by atoms with Crippen molar-refractivity contribution in [2.24, 2.45) is 5.92 Å². The smallest absolute Gasteiger partial charge is 0.159 e. The van der Waals surface area contributed by atoms with E-state index in [1.54, 1.807) is 6.07 Å². The molecule has 0 heterocycles. The Labute approximate surface area is 114 Å². The first-order valence-electron chi connectivity index (χ1n) is 7.32. The third kappa shape index (κ3) is 3.53. The van der Waals surface area contributed by atoms with Gasteiger partial charge in [0.1, 0.15) is 0 Å². The van der Waals surface area contributed by atoms with E-state index in [9.17, 15) is 8.78 Å². The van der Waals surface area contributed by atoms with Gasteiger partial charge < -0.3 is 5.32 Å². The molecule has 1 nitrogen and oxygen atoms in total. The van der Waals surface area contributed by atoms with Crippen LogP contribution in [-0.4, -0.2) is 6.04 Å². The zero-order valence-electron chi connectivity index (χ0n) is 11.8. The fourth-order valence-electron chi connectivity index (χ4n) is 3.11. The highest BCUT2D eigenvalue weighted by Crippen LogP contribution is 2.29. The molecule has 3 unspecified atom stereocenters. The second-order valence-corrected chi connectivity index (χ2v) is 5.62. The number of halogens is 2. The molecule has 3 atom stereocenters. The molecular formula is C16H23F2N. The molecule has 0 saturated heterocycles. The van der Waals surface area contributed by atoms with Crippen molar-refractivity contribution in [1.29, 1.82) is 0 Å². The van der Waals surface area contributed by atoms with Gasteiger partial charge in [0.2, 0.25) is 0 Å². The van der Waals surface area contributed by atoms with Gasteiger partial charge >= 0.3 is 0 Å². The predicted molar refractivity (Wildman–Crippen MR) is 73.9 cm³/mol. The van der Waals surface area contributed by atoms with Gasteiger partial charge in [-0.05, 0) is 43.4 Å². The minimum Gasteiger partial charge on any atom is -0.307 e. The van der Waals surface area contributed by atoms with Crippen molar-refractivity contribution in [3.63, 3.8) is 0 Å². The molecule has 1 aromatic carbocycles. The quantitative estimate of drug-likeness (QED) is 0.841. The average molecular weight is 267 g/mol. The SMILES string of the molecule is CCC1CCCCC1NC(C)c1ccc(F)c(F)c1. The highest BCUT2D eigenvalue weighted by atomic mass is 19.2. The third-order valence-corrected chi connectivity index (χ3v) is 4.34. The van der Waals surface area contributed by atoms with Crippen molar-refractivity contribution < 1.29 is 8.78 Å². The van der Waals surface area contributed by atoms with Gasteiger partial charge in [0, 0.05) is 12.1 Å². The Bertz CT molecular complexity index is 419. The molecule has 1 fully saturated rings. The fraction of sp³-hybridized carbons (Fsp3) is 0.625. The van der Waals surface area contributed by atoms with Crippen LogP contribution in [0, 0.1) is 17.6 Å². The molecular weight excluding hydrogens is 244 g/mol. The average Bonchev–Trinajstić information content (AvgIpc) is 2.42. The van der Waals surface area contributed by atoms with Crippen molar-refractivity contribution in [1.82, 2.24) is 5.32 Å². The van der Waals surface area contributed by atoms with Gasteiger partial charge in [-0.1, -0.05) is 32.3 Å². The lowest BCUT2D eigenvalue weighted by molar-refractivity contribution is 0.240. The van der Waals surface area contributed by atoms with Crippen LogP contribution in [0.25, 0.3) is 0 Å². The summed E-state index contributed by atoms with van der Waals surface area (Å²) < 4.78 is 26.2. The van der Waals surface area contributed by atoms with Gasteiger partial charge in [-0.25, -0.2) is 8.78 Å². The van der Waals surface area contributed by atoms with Gasteiger partial charge in [0.05, 0.1) is 0 Å². The molecule has 0 spiro atoms. The van der Waals surface area contributed by atoms with E-state index in [4.69, 9.17) is 0 Å². The Morgan fingerprint density at radius 2 is 1.95 bits per heavy atom. The Morgan fingerprint density at radius 3 is 2.63 bits per heavy atom. The maximum absolute atomic E-state index is 13.3. The zero-order chi connectivity index (χ0) is 13.8. The molecule has 106 valence electrons. The van der Waals surface area contributed by atoms with Gasteiger partial charge in [-0.2, -0.15) is 0 Å². The second kappa shape index (κ2) is 6.47. The highest BCUT2D eigenvalue weighted by molar-refractivity contribution is 5.21. The molecule has 2 rings (SSSR count). The Balaban J connectivity index is 2.02. The zero-order valence-corrected chi connectivity index (χ0v) is 11.8. The van der Waals surface area contributed by atoms with Crippen LogP contribution in [-0.2, 0) is 0 Å². The number of nitrogens with one attached hydrogen (secondary N) is 1. The summed E-state index contributed by atoms with van der Waals surface area (Å²) >= 11 is 0. The predicted octanol–water partition coefficient (Wildman–Crippen LogP) is 4.58. The minimum atomic E-state index is -0.778. The maximum atomic E-state index is 13.3. The van der Waals surface area contributed by atoms with Gasteiger partial charge in [0.25, 0.3) is 0 Å². The van der Waals surface area contributed by atoms with Crippen LogP contribution < -0.4 is 5.32 Å². The van der Waals surface area contributed by atoms with E-state index in [1.165, 1.54) is 44.2 Å². The maximum Gasteiger partial charge on any atom is 0.159 e. The minimum absolute atomic E-state index is 0.0623. The first-order chi connectivity index (χ1) is 9.11. The summed E-state index contributed by atoms with van der Waals surface area (Å²) in [6, 6.07) is 4.74. The first kappa shape index (κ1) is 14.4. The molecule has 0 aromatic heterocycles. The van der Waals surface area contributed by atoms with Crippen LogP contribution in [0.5, 0.6) is 0 Å². The second-order valence-electron chi connectivity index (χ2n) is 5.62. The molecule has 1 aromatic rings. The third-order valence-electron chi connectivity index (χ3n) is 4.34. The summed E-state index contributed by atoms with van der Waals surface area (Å²) in [5.41, 5.74) is 0.819. The summed E-state index contributed by atoms with van der Waals surface area (Å²) in [7, 11) is 0. The number of hydrogen-bond acceptors (Lipinski definition) is 1. The molecule has 0 aliphatic heterocycles. The summed E-state index contributed by atoms with van der Waals surface area (Å²) in [6.45, 7) is 4.25. The fourth-order valence-corrected chi connectivity index (χ4v) is 3.11. The van der Waals surface area contributed by atoms with Crippen LogP contribution in [0.3, 0.4) is 0 Å². The van der Waals surface area contributed by atoms with Crippen LogP contribution >= 0.6 is 0 Å². The summed E-state index contributed by atoms with van der Waals surface area (Å²) in [4.78, 5) is 0. The van der Waals surface area contributed by atoms with Crippen molar-refractivity contribution in [3.8, 4) is 0 Å². The van der Waals surface area contributed by atoms with E-state index in [-0.39, 0.29) is 6.04 Å². The summed E-state index contributed by atoms with van der Waals surface area (Å²) in [5, 5.41) is 3.59. The molecule has 1 aliphatic rings. The van der Waals surface area contributed by atoms with E-state index in [0.29, 0.717) is 12.0 Å². The van der Waals surface area contributed by atoms with E-state index in [0.717, 1.165) is 5.56 Å². The van der Waals surface area contributed by atoms with E-state index in [1.807, 2.05) is 6.92 Å². The van der Waals surface area contributed by atoms with Crippen molar-refractivity contribution in [2.75, 3.05) is 0 Å². The standard InChI is InChI=1S/C16H23F2N/c1-3-12-6-4-5-7-16(12)19-11(2)13-8-9-14(17)15(18)10-13/h8-12,16,19H,3-7H2,1-2H3. The molecule has 3 heteroatoms. The van der Waals surface area contributed by atoms with Crippen LogP contribution in [0.4, 0.5) is 8.78 Å². The van der Waals surface area contributed by atoms with E-state index >= 15 is 0 Å². The molecule has 1 N–H and O–H groups in total. The lowest BCUT2D eigenvalue weighted by Crippen LogP contribution is -2.39. The molecule has 1 saturated carbocycles. The largest absolute Gasteiger partial charge is 0.307 e. The molecule has 0 bridgehead atoms. The Hall–Kier alpha value is -0.960. The first-order valence-corrected chi connectivity index (χ1v) is 7.32. The Kier molecular flexibility index (Phi) is 4.92. The van der Waals surface area contributed by atoms with Crippen LogP contribution in [0.1, 0.15) is 57.6 Å². The Morgan fingerprint density at radius 1 is 1.21 bits per heavy atom. The van der Waals surface area contributed by atoms with Crippen molar-refractivity contribution in [3.05, 3.63) is 35.4 Å². The van der Waals surface area contributed by atoms with E-state index < -0.39 is 11.6 Å². The van der Waals surface area contributed by atoms with Crippen LogP contribution in [0.2, 0.25) is 0 Å². The summed E-state index contributed by atoms with van der Waals surface area (Å²) in [5.74, 6) is -0.830. The van der Waals surface area contributed by atoms with Crippen LogP contribution in [0.15, 0.2) is 18.2 Å². The normalized spacial score (nSPS) is 25.3. The topological polar surface area (TPSA) is 12.0 Å². The summed E-state index contributed by atoms with van der Waals surface area (Å²) in [6.07, 6.45) is 6.22. The van der Waals surface area contributed by atoms with Gasteiger partial charge in [-0.15, -0.1) is 0 Å². The van der Waals surface area contributed by atoms with Crippen molar-refractivity contribution >= 4 is 0 Å². The lowest BCUT2D eigenvalue weighted by atomic mass is 9.82. The molecule has 19 heavy (non-hydrogen) atoms. The molecule has 1 aliphatic carbocycles. The van der Waals surface area contributed by atoms with E-state index in [2.05, 4.69) is 12.2 Å². The molecule has 0 amide bonds. The number of hydrogen-bond donors (Lipinski definition) is 1. The highest BCUT2D eigenvalue weighted by Gasteiger charge is 2.25. The molecule has 0 radical (unpaired) electrons.